The van der Waals surface area contributed by atoms with Gasteiger partial charge in [-0.15, -0.1) is 0 Å². The van der Waals surface area contributed by atoms with Crippen LogP contribution in [0.15, 0.2) is 41.3 Å². The number of carbonyl (C=O) groups is 1. The molecule has 1 heterocycles. The second-order valence-corrected chi connectivity index (χ2v) is 9.58. The van der Waals surface area contributed by atoms with Crippen LogP contribution in [0.25, 0.3) is 0 Å². The van der Waals surface area contributed by atoms with Crippen molar-refractivity contribution in [2.75, 3.05) is 32.6 Å². The third-order valence-corrected chi connectivity index (χ3v) is 7.62. The molecule has 31 heavy (non-hydrogen) atoms. The fourth-order valence-electron chi connectivity index (χ4n) is 3.93. The van der Waals surface area contributed by atoms with Crippen LogP contribution in [0.3, 0.4) is 0 Å². The average Bonchev–Trinajstić information content (AvgIpc) is 2.79. The molecular weight excluding hydrogens is 416 g/mol. The summed E-state index contributed by atoms with van der Waals surface area (Å²) < 4.78 is 38.6. The molecule has 1 fully saturated rings. The van der Waals surface area contributed by atoms with E-state index in [1.165, 1.54) is 24.6 Å². The van der Waals surface area contributed by atoms with Crippen LogP contribution in [0.5, 0.6) is 11.5 Å². The zero-order valence-electron chi connectivity index (χ0n) is 18.5. The maximum absolute atomic E-state index is 13.4. The second kappa shape index (κ2) is 9.70. The lowest BCUT2D eigenvalue weighted by atomic mass is 9.98. The highest BCUT2D eigenvalue weighted by Crippen LogP contribution is 2.33. The van der Waals surface area contributed by atoms with Gasteiger partial charge in [-0.1, -0.05) is 25.1 Å². The molecule has 1 aliphatic heterocycles. The van der Waals surface area contributed by atoms with Gasteiger partial charge in [-0.2, -0.15) is 4.31 Å². The van der Waals surface area contributed by atoms with Crippen molar-refractivity contribution >= 4 is 21.6 Å². The van der Waals surface area contributed by atoms with Crippen LogP contribution in [0.2, 0.25) is 0 Å². The lowest BCUT2D eigenvalue weighted by Gasteiger charge is -2.32. The second-order valence-electron chi connectivity index (χ2n) is 7.67. The zero-order valence-corrected chi connectivity index (χ0v) is 19.3. The summed E-state index contributed by atoms with van der Waals surface area (Å²) in [6.07, 6.45) is 2.05. The van der Waals surface area contributed by atoms with Gasteiger partial charge in [0.25, 0.3) is 0 Å². The third kappa shape index (κ3) is 4.85. The van der Waals surface area contributed by atoms with E-state index in [4.69, 9.17) is 9.47 Å². The number of hydrogen-bond donors (Lipinski definition) is 1. The van der Waals surface area contributed by atoms with Gasteiger partial charge in [0, 0.05) is 24.8 Å². The molecule has 0 bridgehead atoms. The van der Waals surface area contributed by atoms with Gasteiger partial charge in [0.15, 0.2) is 0 Å². The Kier molecular flexibility index (Phi) is 7.23. The molecule has 1 N–H and O–H groups in total. The van der Waals surface area contributed by atoms with Gasteiger partial charge in [-0.05, 0) is 49.4 Å². The summed E-state index contributed by atoms with van der Waals surface area (Å²) in [5.74, 6) is 0.100. The van der Waals surface area contributed by atoms with Crippen LogP contribution in [0, 0.1) is 12.8 Å². The number of nitrogens with one attached hydrogen (secondary N) is 1. The Bertz CT molecular complexity index is 1050. The zero-order chi connectivity index (χ0) is 22.6. The molecule has 1 aliphatic rings. The Morgan fingerprint density at radius 3 is 2.65 bits per heavy atom. The largest absolute Gasteiger partial charge is 0.497 e. The Hall–Kier alpha value is -2.58. The fourth-order valence-corrected chi connectivity index (χ4v) is 5.62. The predicted octanol–water partition coefficient (Wildman–Crippen LogP) is 3.61. The number of amides is 1. The van der Waals surface area contributed by atoms with Crippen molar-refractivity contribution < 1.29 is 22.7 Å². The molecule has 168 valence electrons. The number of hydrogen-bond acceptors (Lipinski definition) is 5. The molecule has 0 saturated carbocycles. The summed E-state index contributed by atoms with van der Waals surface area (Å²) in [7, 11) is -0.936. The van der Waals surface area contributed by atoms with E-state index in [0.717, 1.165) is 23.2 Å². The molecular formula is C23H30N2O5S. The van der Waals surface area contributed by atoms with Gasteiger partial charge < -0.3 is 14.8 Å². The van der Waals surface area contributed by atoms with E-state index in [1.807, 2.05) is 32.0 Å². The minimum atomic E-state index is -3.85. The predicted molar refractivity (Wildman–Crippen MR) is 120 cm³/mol. The number of anilines is 1. The first-order chi connectivity index (χ1) is 14.8. The van der Waals surface area contributed by atoms with Crippen molar-refractivity contribution in [3.63, 3.8) is 0 Å². The van der Waals surface area contributed by atoms with E-state index in [1.54, 1.807) is 12.1 Å². The molecule has 0 spiro atoms. The highest BCUT2D eigenvalue weighted by molar-refractivity contribution is 7.89. The summed E-state index contributed by atoms with van der Waals surface area (Å²) in [6.45, 7) is 4.49. The maximum atomic E-state index is 13.4. The molecule has 0 aliphatic carbocycles. The monoisotopic (exact) mass is 446 g/mol. The molecule has 1 atom stereocenters. The van der Waals surface area contributed by atoms with Crippen LogP contribution >= 0.6 is 0 Å². The Morgan fingerprint density at radius 1 is 1.19 bits per heavy atom. The number of sulfonamides is 1. The average molecular weight is 447 g/mol. The van der Waals surface area contributed by atoms with Crippen molar-refractivity contribution in [1.82, 2.24) is 4.31 Å². The Balaban J connectivity index is 1.83. The van der Waals surface area contributed by atoms with Gasteiger partial charge in [0.2, 0.25) is 15.9 Å². The van der Waals surface area contributed by atoms with Gasteiger partial charge in [-0.3, -0.25) is 4.79 Å². The van der Waals surface area contributed by atoms with E-state index < -0.39 is 15.9 Å². The molecule has 0 unspecified atom stereocenters. The number of para-hydroxylation sites is 1. The first kappa shape index (κ1) is 23.1. The Morgan fingerprint density at radius 2 is 1.97 bits per heavy atom. The highest BCUT2D eigenvalue weighted by atomic mass is 32.2. The number of nitrogens with zero attached hydrogens (tertiary/aromatic N) is 1. The first-order valence-corrected chi connectivity index (χ1v) is 11.9. The number of aryl methyl sites for hydroxylation is 2. The smallest absolute Gasteiger partial charge is 0.246 e. The minimum absolute atomic E-state index is 0.0441. The standard InChI is InChI=1S/C23H30N2O5S/c1-5-17-9-6-8-16(2)22(17)24-23(26)18-10-7-13-25(15-18)31(27,28)21-14-19(29-3)11-12-20(21)30-4/h6,8-9,11-12,14,18H,5,7,10,13,15H2,1-4H3,(H,24,26)/t18-/m0/s1. The summed E-state index contributed by atoms with van der Waals surface area (Å²) in [5, 5.41) is 3.05. The van der Waals surface area contributed by atoms with Crippen LogP contribution < -0.4 is 14.8 Å². The van der Waals surface area contributed by atoms with Crippen LogP contribution in [0.4, 0.5) is 5.69 Å². The van der Waals surface area contributed by atoms with E-state index in [-0.39, 0.29) is 23.1 Å². The highest BCUT2D eigenvalue weighted by Gasteiger charge is 2.35. The number of piperidine rings is 1. The van der Waals surface area contributed by atoms with Crippen molar-refractivity contribution in [3.05, 3.63) is 47.5 Å². The van der Waals surface area contributed by atoms with Crippen molar-refractivity contribution in [2.45, 2.75) is 38.0 Å². The number of methoxy groups -OCH3 is 2. The molecule has 1 saturated heterocycles. The molecule has 7 nitrogen and oxygen atoms in total. The third-order valence-electron chi connectivity index (χ3n) is 5.73. The van der Waals surface area contributed by atoms with Crippen molar-refractivity contribution in [3.8, 4) is 11.5 Å². The van der Waals surface area contributed by atoms with E-state index in [0.29, 0.717) is 25.1 Å². The van der Waals surface area contributed by atoms with Crippen LogP contribution in [-0.4, -0.2) is 45.9 Å². The number of carbonyl (C=O) groups excluding carboxylic acids is 1. The van der Waals surface area contributed by atoms with E-state index in [2.05, 4.69) is 5.32 Å². The first-order valence-electron chi connectivity index (χ1n) is 10.4. The fraction of sp³-hybridized carbons (Fsp3) is 0.435. The van der Waals surface area contributed by atoms with E-state index in [9.17, 15) is 13.2 Å². The number of ether oxygens (including phenoxy) is 2. The van der Waals surface area contributed by atoms with Gasteiger partial charge in [0.1, 0.15) is 16.4 Å². The van der Waals surface area contributed by atoms with Crippen LogP contribution in [0.1, 0.15) is 30.9 Å². The summed E-state index contributed by atoms with van der Waals surface area (Å²) >= 11 is 0. The molecule has 2 aromatic rings. The van der Waals surface area contributed by atoms with Gasteiger partial charge in [-0.25, -0.2) is 8.42 Å². The van der Waals surface area contributed by atoms with Crippen molar-refractivity contribution in [1.29, 1.82) is 0 Å². The number of benzene rings is 2. The lowest BCUT2D eigenvalue weighted by molar-refractivity contribution is -0.120. The quantitative estimate of drug-likeness (QED) is 0.702. The minimum Gasteiger partial charge on any atom is -0.497 e. The van der Waals surface area contributed by atoms with Crippen molar-refractivity contribution in [2.24, 2.45) is 5.92 Å². The SMILES string of the molecule is CCc1cccc(C)c1NC(=O)[C@H]1CCCN(S(=O)(=O)c2cc(OC)ccc2OC)C1. The molecule has 8 heteroatoms. The topological polar surface area (TPSA) is 84.9 Å². The summed E-state index contributed by atoms with van der Waals surface area (Å²) in [4.78, 5) is 13.1. The van der Waals surface area contributed by atoms with Crippen LogP contribution in [-0.2, 0) is 21.2 Å². The van der Waals surface area contributed by atoms with E-state index >= 15 is 0 Å². The molecule has 0 radical (unpaired) electrons. The lowest BCUT2D eigenvalue weighted by Crippen LogP contribution is -2.43. The summed E-state index contributed by atoms with van der Waals surface area (Å²) in [6, 6.07) is 10.6. The molecule has 2 aromatic carbocycles. The molecule has 1 amide bonds. The molecule has 3 rings (SSSR count). The van der Waals surface area contributed by atoms with Gasteiger partial charge in [0.05, 0.1) is 20.1 Å². The Labute approximate surface area is 184 Å². The maximum Gasteiger partial charge on any atom is 0.246 e. The summed E-state index contributed by atoms with van der Waals surface area (Å²) in [5.41, 5.74) is 2.88. The normalized spacial score (nSPS) is 17.2. The number of rotatable bonds is 7. The molecule has 0 aromatic heterocycles. The van der Waals surface area contributed by atoms with Gasteiger partial charge >= 0.3 is 0 Å².